The molecule has 0 aliphatic carbocycles. The summed E-state index contributed by atoms with van der Waals surface area (Å²) < 4.78 is 0. The zero-order valence-electron chi connectivity index (χ0n) is 8.30. The number of imide groups is 1. The summed E-state index contributed by atoms with van der Waals surface area (Å²) in [5.41, 5.74) is 0.445. The Balaban J connectivity index is 2.52. The van der Waals surface area contributed by atoms with Crippen LogP contribution in [-0.2, 0) is 4.79 Å². The standard InChI is InChI=1S/C10H10Cl2N2O2/c11-6-5-9(15)14-10(16)13-8-4-2-1-3-7(8)12/h1-4H,5-6H2,(H2,13,14,15,16). The molecule has 1 rings (SSSR count). The smallest absolute Gasteiger partial charge is 0.306 e. The number of hydrogen-bond donors (Lipinski definition) is 2. The fraction of sp³-hybridized carbons (Fsp3) is 0.200. The van der Waals surface area contributed by atoms with Crippen molar-refractivity contribution in [3.63, 3.8) is 0 Å². The van der Waals surface area contributed by atoms with Gasteiger partial charge in [-0.15, -0.1) is 11.6 Å². The van der Waals surface area contributed by atoms with Crippen molar-refractivity contribution in [3.05, 3.63) is 29.3 Å². The second kappa shape index (κ2) is 6.35. The number of rotatable bonds is 3. The maximum absolute atomic E-state index is 11.3. The summed E-state index contributed by atoms with van der Waals surface area (Å²) in [6.45, 7) is 0. The molecule has 0 atom stereocenters. The van der Waals surface area contributed by atoms with E-state index in [1.54, 1.807) is 24.3 Å². The fourth-order valence-corrected chi connectivity index (χ4v) is 1.35. The Morgan fingerprint density at radius 3 is 2.56 bits per heavy atom. The van der Waals surface area contributed by atoms with Gasteiger partial charge in [0.05, 0.1) is 10.7 Å². The zero-order chi connectivity index (χ0) is 12.0. The summed E-state index contributed by atoms with van der Waals surface area (Å²) in [4.78, 5) is 22.3. The van der Waals surface area contributed by atoms with Gasteiger partial charge in [0.15, 0.2) is 0 Å². The van der Waals surface area contributed by atoms with Crippen molar-refractivity contribution in [1.29, 1.82) is 0 Å². The minimum absolute atomic E-state index is 0.0947. The third-order valence-corrected chi connectivity index (χ3v) is 2.22. The molecule has 6 heteroatoms. The molecule has 0 spiro atoms. The summed E-state index contributed by atoms with van der Waals surface area (Å²) in [7, 11) is 0. The summed E-state index contributed by atoms with van der Waals surface area (Å²) in [5.74, 6) is -0.259. The van der Waals surface area contributed by atoms with Crippen LogP contribution in [0.15, 0.2) is 24.3 Å². The predicted octanol–water partition coefficient (Wildman–Crippen LogP) is 2.62. The molecule has 0 saturated carbocycles. The average molecular weight is 261 g/mol. The molecule has 0 radical (unpaired) electrons. The number of nitrogens with one attached hydrogen (secondary N) is 2. The Kier molecular flexibility index (Phi) is 5.08. The molecule has 0 aliphatic heterocycles. The predicted molar refractivity (Wildman–Crippen MR) is 64.0 cm³/mol. The Morgan fingerprint density at radius 1 is 1.25 bits per heavy atom. The van der Waals surface area contributed by atoms with Crippen LogP contribution >= 0.6 is 23.2 Å². The van der Waals surface area contributed by atoms with Crippen molar-refractivity contribution in [3.8, 4) is 0 Å². The second-order valence-corrected chi connectivity index (χ2v) is 3.71. The molecule has 4 nitrogen and oxygen atoms in total. The van der Waals surface area contributed by atoms with E-state index in [4.69, 9.17) is 23.2 Å². The van der Waals surface area contributed by atoms with E-state index in [1.165, 1.54) is 0 Å². The second-order valence-electron chi connectivity index (χ2n) is 2.92. The largest absolute Gasteiger partial charge is 0.325 e. The Bertz CT molecular complexity index is 396. The Morgan fingerprint density at radius 2 is 1.94 bits per heavy atom. The van der Waals surface area contributed by atoms with E-state index < -0.39 is 11.9 Å². The fourth-order valence-electron chi connectivity index (χ4n) is 0.991. The lowest BCUT2D eigenvalue weighted by Gasteiger charge is -2.07. The lowest BCUT2D eigenvalue weighted by Crippen LogP contribution is -2.34. The topological polar surface area (TPSA) is 58.2 Å². The highest BCUT2D eigenvalue weighted by molar-refractivity contribution is 6.33. The number of para-hydroxylation sites is 1. The highest BCUT2D eigenvalue weighted by Crippen LogP contribution is 2.19. The number of halogens is 2. The molecule has 0 bridgehead atoms. The first-order valence-electron chi connectivity index (χ1n) is 4.55. The molecular weight excluding hydrogens is 251 g/mol. The lowest BCUT2D eigenvalue weighted by molar-refractivity contribution is -0.119. The number of anilines is 1. The Hall–Kier alpha value is -1.26. The monoisotopic (exact) mass is 260 g/mol. The summed E-state index contributed by atoms with van der Waals surface area (Å²) in [5, 5.41) is 4.98. The van der Waals surface area contributed by atoms with E-state index in [0.717, 1.165) is 0 Å². The van der Waals surface area contributed by atoms with Gasteiger partial charge >= 0.3 is 6.03 Å². The number of benzene rings is 1. The van der Waals surface area contributed by atoms with Gasteiger partial charge in [-0.1, -0.05) is 23.7 Å². The van der Waals surface area contributed by atoms with Crippen LogP contribution in [0, 0.1) is 0 Å². The van der Waals surface area contributed by atoms with E-state index in [9.17, 15) is 9.59 Å². The first-order chi connectivity index (χ1) is 7.63. The molecule has 0 aliphatic rings. The van der Waals surface area contributed by atoms with Crippen LogP contribution in [0.3, 0.4) is 0 Å². The highest BCUT2D eigenvalue weighted by Gasteiger charge is 2.08. The van der Waals surface area contributed by atoms with Crippen molar-refractivity contribution >= 4 is 40.8 Å². The third kappa shape index (κ3) is 4.08. The molecule has 3 amide bonds. The molecule has 0 fully saturated rings. The minimum atomic E-state index is -0.622. The minimum Gasteiger partial charge on any atom is -0.306 e. The molecule has 2 N–H and O–H groups in total. The van der Waals surface area contributed by atoms with Gasteiger partial charge in [-0.25, -0.2) is 4.79 Å². The number of hydrogen-bond acceptors (Lipinski definition) is 2. The van der Waals surface area contributed by atoms with Crippen LogP contribution in [0.1, 0.15) is 6.42 Å². The van der Waals surface area contributed by atoms with E-state index >= 15 is 0 Å². The SMILES string of the molecule is O=C(CCCl)NC(=O)Nc1ccccc1Cl. The van der Waals surface area contributed by atoms with Crippen LogP contribution in [0.2, 0.25) is 5.02 Å². The van der Waals surface area contributed by atoms with Gasteiger partial charge in [-0.3, -0.25) is 10.1 Å². The van der Waals surface area contributed by atoms with Gasteiger partial charge in [-0.2, -0.15) is 0 Å². The molecule has 0 heterocycles. The van der Waals surface area contributed by atoms with Gasteiger partial charge in [0.1, 0.15) is 0 Å². The van der Waals surface area contributed by atoms with Crippen LogP contribution in [0.25, 0.3) is 0 Å². The lowest BCUT2D eigenvalue weighted by atomic mass is 10.3. The van der Waals surface area contributed by atoms with E-state index in [2.05, 4.69) is 10.6 Å². The number of amides is 3. The molecule has 1 aromatic carbocycles. The number of urea groups is 1. The van der Waals surface area contributed by atoms with Crippen molar-refractivity contribution in [2.75, 3.05) is 11.2 Å². The molecule has 86 valence electrons. The average Bonchev–Trinajstić information content (AvgIpc) is 2.21. The number of carbonyl (C=O) groups excluding carboxylic acids is 2. The molecular formula is C10H10Cl2N2O2. The van der Waals surface area contributed by atoms with E-state index in [0.29, 0.717) is 10.7 Å². The third-order valence-electron chi connectivity index (χ3n) is 1.70. The molecule has 0 aromatic heterocycles. The van der Waals surface area contributed by atoms with Crippen LogP contribution in [0.5, 0.6) is 0 Å². The van der Waals surface area contributed by atoms with Crippen LogP contribution in [-0.4, -0.2) is 17.8 Å². The van der Waals surface area contributed by atoms with Crippen molar-refractivity contribution < 1.29 is 9.59 Å². The van der Waals surface area contributed by atoms with Gasteiger partial charge in [0.25, 0.3) is 0 Å². The zero-order valence-corrected chi connectivity index (χ0v) is 9.81. The van der Waals surface area contributed by atoms with E-state index in [1.807, 2.05) is 0 Å². The van der Waals surface area contributed by atoms with Crippen molar-refractivity contribution in [2.45, 2.75) is 6.42 Å². The number of alkyl halides is 1. The van der Waals surface area contributed by atoms with Crippen LogP contribution < -0.4 is 10.6 Å². The summed E-state index contributed by atoms with van der Waals surface area (Å²) in [6.07, 6.45) is 0.0947. The molecule has 16 heavy (non-hydrogen) atoms. The van der Waals surface area contributed by atoms with Gasteiger partial charge in [0, 0.05) is 12.3 Å². The maximum Gasteiger partial charge on any atom is 0.325 e. The van der Waals surface area contributed by atoms with Gasteiger partial charge in [-0.05, 0) is 12.1 Å². The first kappa shape index (κ1) is 12.8. The molecule has 1 aromatic rings. The van der Waals surface area contributed by atoms with Gasteiger partial charge in [0.2, 0.25) is 5.91 Å². The number of carbonyl (C=O) groups is 2. The van der Waals surface area contributed by atoms with Gasteiger partial charge < -0.3 is 5.32 Å². The summed E-state index contributed by atoms with van der Waals surface area (Å²) in [6, 6.07) is 6.11. The molecule has 0 saturated heterocycles. The maximum atomic E-state index is 11.3. The normalized spacial score (nSPS) is 9.62. The first-order valence-corrected chi connectivity index (χ1v) is 5.46. The molecule has 0 unspecified atom stereocenters. The van der Waals surface area contributed by atoms with E-state index in [-0.39, 0.29) is 12.3 Å². The summed E-state index contributed by atoms with van der Waals surface area (Å²) >= 11 is 11.2. The van der Waals surface area contributed by atoms with Crippen molar-refractivity contribution in [2.24, 2.45) is 0 Å². The van der Waals surface area contributed by atoms with Crippen molar-refractivity contribution in [1.82, 2.24) is 5.32 Å². The quantitative estimate of drug-likeness (QED) is 0.821. The Labute approximate surface area is 103 Å². The van der Waals surface area contributed by atoms with Crippen LogP contribution in [0.4, 0.5) is 10.5 Å². The highest BCUT2D eigenvalue weighted by atomic mass is 35.5.